The predicted octanol–water partition coefficient (Wildman–Crippen LogP) is 1.89. The van der Waals surface area contributed by atoms with E-state index in [0.29, 0.717) is 18.7 Å². The second-order valence-electron chi connectivity index (χ2n) is 4.96. The van der Waals surface area contributed by atoms with E-state index in [9.17, 15) is 9.59 Å². The van der Waals surface area contributed by atoms with Crippen molar-refractivity contribution < 1.29 is 14.0 Å². The first kappa shape index (κ1) is 13.0. The molecular formula is C11H19NO3Si. The van der Waals surface area contributed by atoms with Gasteiger partial charge in [-0.15, -0.1) is 0 Å². The topological polar surface area (TPSA) is 46.6 Å². The molecule has 16 heavy (non-hydrogen) atoms. The summed E-state index contributed by atoms with van der Waals surface area (Å²) in [5.41, 5.74) is 0. The minimum atomic E-state index is -1.67. The van der Waals surface area contributed by atoms with Gasteiger partial charge < -0.3 is 4.43 Å². The van der Waals surface area contributed by atoms with Gasteiger partial charge in [-0.05, 0) is 33.0 Å². The standard InChI is InChI=1S/C11H19NO3Si/c1-9(15-16(2,3)4)8-11(14)12-7-5-6-10(12)13/h8H,5-7H2,1-4H3. The van der Waals surface area contributed by atoms with E-state index in [2.05, 4.69) is 19.6 Å². The van der Waals surface area contributed by atoms with Gasteiger partial charge in [0.2, 0.25) is 14.2 Å². The third kappa shape index (κ3) is 3.81. The van der Waals surface area contributed by atoms with Crippen LogP contribution in [0.1, 0.15) is 19.8 Å². The molecule has 90 valence electrons. The molecule has 0 radical (unpaired) electrons. The van der Waals surface area contributed by atoms with Gasteiger partial charge in [0.1, 0.15) is 0 Å². The number of rotatable bonds is 3. The molecule has 1 rings (SSSR count). The van der Waals surface area contributed by atoms with Crippen molar-refractivity contribution in [3.05, 3.63) is 11.8 Å². The van der Waals surface area contributed by atoms with Crippen LogP contribution in [-0.2, 0) is 14.0 Å². The zero-order valence-electron chi connectivity index (χ0n) is 10.4. The first-order valence-corrected chi connectivity index (χ1v) is 8.92. The number of allylic oxidation sites excluding steroid dienone is 1. The number of amides is 2. The number of nitrogens with zero attached hydrogens (tertiary/aromatic N) is 1. The van der Waals surface area contributed by atoms with Crippen molar-refractivity contribution in [1.82, 2.24) is 4.90 Å². The van der Waals surface area contributed by atoms with Gasteiger partial charge in [-0.3, -0.25) is 14.5 Å². The largest absolute Gasteiger partial charge is 0.547 e. The lowest BCUT2D eigenvalue weighted by atomic mass is 10.4. The number of hydrogen-bond donors (Lipinski definition) is 0. The van der Waals surface area contributed by atoms with Crippen LogP contribution in [0.3, 0.4) is 0 Å². The summed E-state index contributed by atoms with van der Waals surface area (Å²) < 4.78 is 5.64. The molecular weight excluding hydrogens is 222 g/mol. The first-order chi connectivity index (χ1) is 7.29. The van der Waals surface area contributed by atoms with Crippen molar-refractivity contribution in [1.29, 1.82) is 0 Å². The van der Waals surface area contributed by atoms with Gasteiger partial charge in [-0.1, -0.05) is 0 Å². The second-order valence-corrected chi connectivity index (χ2v) is 9.39. The summed E-state index contributed by atoms with van der Waals surface area (Å²) in [5, 5.41) is 0. The van der Waals surface area contributed by atoms with E-state index in [1.165, 1.54) is 11.0 Å². The van der Waals surface area contributed by atoms with Crippen LogP contribution < -0.4 is 0 Å². The molecule has 0 unspecified atom stereocenters. The molecule has 1 saturated heterocycles. The van der Waals surface area contributed by atoms with Crippen LogP contribution in [0, 0.1) is 0 Å². The molecule has 5 heteroatoms. The van der Waals surface area contributed by atoms with Crippen LogP contribution >= 0.6 is 0 Å². The van der Waals surface area contributed by atoms with Crippen LogP contribution in [0.25, 0.3) is 0 Å². The van der Waals surface area contributed by atoms with Crippen LogP contribution in [0.2, 0.25) is 19.6 Å². The number of carbonyl (C=O) groups excluding carboxylic acids is 2. The fourth-order valence-electron chi connectivity index (χ4n) is 1.65. The van der Waals surface area contributed by atoms with E-state index in [1.807, 2.05) is 0 Å². The molecule has 0 bridgehead atoms. The third-order valence-electron chi connectivity index (χ3n) is 2.13. The number of carbonyl (C=O) groups is 2. The van der Waals surface area contributed by atoms with Crippen molar-refractivity contribution >= 4 is 20.1 Å². The summed E-state index contributed by atoms with van der Waals surface area (Å²) in [4.78, 5) is 24.3. The van der Waals surface area contributed by atoms with E-state index in [-0.39, 0.29) is 11.8 Å². The predicted molar refractivity (Wildman–Crippen MR) is 64.1 cm³/mol. The van der Waals surface area contributed by atoms with Gasteiger partial charge in [-0.25, -0.2) is 0 Å². The Morgan fingerprint density at radius 3 is 2.50 bits per heavy atom. The zero-order chi connectivity index (χ0) is 12.3. The van der Waals surface area contributed by atoms with Gasteiger partial charge in [0.05, 0.1) is 5.76 Å². The van der Waals surface area contributed by atoms with Crippen molar-refractivity contribution in [2.24, 2.45) is 0 Å². The zero-order valence-corrected chi connectivity index (χ0v) is 11.4. The molecule has 1 aliphatic heterocycles. The Balaban J connectivity index is 2.62. The molecule has 0 saturated carbocycles. The summed E-state index contributed by atoms with van der Waals surface area (Å²) in [5.74, 6) is 0.268. The third-order valence-corrected chi connectivity index (χ3v) is 3.07. The van der Waals surface area contributed by atoms with Gasteiger partial charge in [0, 0.05) is 19.0 Å². The lowest BCUT2D eigenvalue weighted by Gasteiger charge is -2.20. The Morgan fingerprint density at radius 1 is 1.44 bits per heavy atom. The summed E-state index contributed by atoms with van der Waals surface area (Å²) in [7, 11) is -1.67. The second kappa shape index (κ2) is 4.82. The Labute approximate surface area is 97.4 Å². The highest BCUT2D eigenvalue weighted by Crippen LogP contribution is 2.13. The Bertz CT molecular complexity index is 331. The Kier molecular flexibility index (Phi) is 3.91. The van der Waals surface area contributed by atoms with Crippen molar-refractivity contribution in [2.45, 2.75) is 39.4 Å². The minimum absolute atomic E-state index is 0.0814. The van der Waals surface area contributed by atoms with Crippen LogP contribution in [0.5, 0.6) is 0 Å². The molecule has 2 amide bonds. The van der Waals surface area contributed by atoms with Gasteiger partial charge in [0.15, 0.2) is 0 Å². The van der Waals surface area contributed by atoms with Crippen LogP contribution in [-0.4, -0.2) is 31.6 Å². The van der Waals surface area contributed by atoms with Crippen molar-refractivity contribution in [3.8, 4) is 0 Å². The molecule has 0 spiro atoms. The Morgan fingerprint density at radius 2 is 2.06 bits per heavy atom. The highest BCUT2D eigenvalue weighted by Gasteiger charge is 2.25. The molecule has 0 aliphatic carbocycles. The first-order valence-electron chi connectivity index (χ1n) is 5.51. The van der Waals surface area contributed by atoms with E-state index in [4.69, 9.17) is 4.43 Å². The molecule has 0 aromatic rings. The summed E-state index contributed by atoms with van der Waals surface area (Å²) in [6.45, 7) is 8.45. The number of likely N-dealkylation sites (tertiary alicyclic amines) is 1. The highest BCUT2D eigenvalue weighted by molar-refractivity contribution is 6.70. The maximum absolute atomic E-state index is 11.7. The molecule has 0 aromatic carbocycles. The fraction of sp³-hybridized carbons (Fsp3) is 0.636. The number of hydrogen-bond acceptors (Lipinski definition) is 3. The van der Waals surface area contributed by atoms with E-state index < -0.39 is 8.32 Å². The highest BCUT2D eigenvalue weighted by atomic mass is 28.4. The average molecular weight is 241 g/mol. The van der Waals surface area contributed by atoms with Gasteiger partial charge in [0.25, 0.3) is 5.91 Å². The smallest absolute Gasteiger partial charge is 0.256 e. The maximum atomic E-state index is 11.7. The van der Waals surface area contributed by atoms with Gasteiger partial charge >= 0.3 is 0 Å². The number of imide groups is 1. The van der Waals surface area contributed by atoms with E-state index >= 15 is 0 Å². The molecule has 0 aromatic heterocycles. The fourth-order valence-corrected chi connectivity index (χ4v) is 2.67. The van der Waals surface area contributed by atoms with Crippen LogP contribution in [0.4, 0.5) is 0 Å². The maximum Gasteiger partial charge on any atom is 0.256 e. The van der Waals surface area contributed by atoms with Crippen molar-refractivity contribution in [2.75, 3.05) is 6.54 Å². The van der Waals surface area contributed by atoms with Crippen LogP contribution in [0.15, 0.2) is 11.8 Å². The lowest BCUT2D eigenvalue weighted by molar-refractivity contribution is -0.138. The molecule has 0 N–H and O–H groups in total. The summed E-state index contributed by atoms with van der Waals surface area (Å²) >= 11 is 0. The Hall–Kier alpha value is -1.10. The van der Waals surface area contributed by atoms with E-state index in [1.54, 1.807) is 6.92 Å². The lowest BCUT2D eigenvalue weighted by Crippen LogP contribution is -2.31. The molecule has 1 aliphatic rings. The molecule has 1 heterocycles. The minimum Gasteiger partial charge on any atom is -0.547 e. The average Bonchev–Trinajstić information content (AvgIpc) is 2.47. The summed E-state index contributed by atoms with van der Waals surface area (Å²) in [6, 6.07) is 0. The monoisotopic (exact) mass is 241 g/mol. The van der Waals surface area contributed by atoms with E-state index in [0.717, 1.165) is 6.42 Å². The SMILES string of the molecule is CC(=CC(=O)N1CCCC1=O)O[Si](C)(C)C. The van der Waals surface area contributed by atoms with Gasteiger partial charge in [-0.2, -0.15) is 0 Å². The molecule has 1 fully saturated rings. The molecule has 0 atom stereocenters. The quantitative estimate of drug-likeness (QED) is 0.430. The normalized spacial score (nSPS) is 17.9. The summed E-state index contributed by atoms with van der Waals surface area (Å²) in [6.07, 6.45) is 2.67. The van der Waals surface area contributed by atoms with Crippen molar-refractivity contribution in [3.63, 3.8) is 0 Å². The molecule has 4 nitrogen and oxygen atoms in total.